The van der Waals surface area contributed by atoms with E-state index in [2.05, 4.69) is 9.80 Å². The van der Waals surface area contributed by atoms with Crippen molar-refractivity contribution in [1.82, 2.24) is 9.80 Å². The maximum Gasteiger partial charge on any atom is 0.142 e. The molecule has 2 aromatic carbocycles. The molecule has 8 heteroatoms. The van der Waals surface area contributed by atoms with Gasteiger partial charge in [-0.25, -0.2) is 8.78 Å². The van der Waals surface area contributed by atoms with Crippen LogP contribution in [-0.4, -0.2) is 73.5 Å². The molecule has 4 atom stereocenters. The lowest BCUT2D eigenvalue weighted by Gasteiger charge is -2.43. The van der Waals surface area contributed by atoms with Crippen LogP contribution in [0.25, 0.3) is 0 Å². The van der Waals surface area contributed by atoms with Crippen molar-refractivity contribution in [3.63, 3.8) is 0 Å². The number of benzene rings is 2. The summed E-state index contributed by atoms with van der Waals surface area (Å²) in [4.78, 5) is 4.11. The SMILES string of the molecule is CN(C)C[C@@]1(c2ccc(Cl)c(F)c2)CCCC[C@H]1O.CN(C)C[C@]1(c2ccc(Cl)c(F)c2)CCCC[C@@H]1O. The first-order valence-corrected chi connectivity index (χ1v) is 14.2. The van der Waals surface area contributed by atoms with Crippen molar-refractivity contribution in [2.45, 2.75) is 74.4 Å². The summed E-state index contributed by atoms with van der Waals surface area (Å²) >= 11 is 11.5. The van der Waals surface area contributed by atoms with E-state index in [1.54, 1.807) is 12.1 Å². The Labute approximate surface area is 236 Å². The van der Waals surface area contributed by atoms with Crippen LogP contribution in [0.2, 0.25) is 10.0 Å². The number of halogens is 4. The van der Waals surface area contributed by atoms with Crippen LogP contribution in [0.5, 0.6) is 0 Å². The molecule has 0 unspecified atom stereocenters. The number of hydrogen-bond donors (Lipinski definition) is 2. The number of aliphatic hydroxyl groups is 2. The minimum Gasteiger partial charge on any atom is -0.392 e. The molecule has 2 aromatic rings. The first-order chi connectivity index (χ1) is 17.9. The van der Waals surface area contributed by atoms with Crippen LogP contribution in [0.15, 0.2) is 36.4 Å². The zero-order chi connectivity index (χ0) is 28.1. The zero-order valence-electron chi connectivity index (χ0n) is 23.0. The predicted molar refractivity (Wildman–Crippen MR) is 152 cm³/mol. The lowest BCUT2D eigenvalue weighted by atomic mass is 9.67. The molecule has 0 radical (unpaired) electrons. The summed E-state index contributed by atoms with van der Waals surface area (Å²) in [5, 5.41) is 21.3. The minimum absolute atomic E-state index is 0.133. The Bertz CT molecular complexity index is 987. The van der Waals surface area contributed by atoms with Gasteiger partial charge >= 0.3 is 0 Å². The minimum atomic E-state index is -0.427. The summed E-state index contributed by atoms with van der Waals surface area (Å²) in [6.07, 6.45) is 6.66. The van der Waals surface area contributed by atoms with Crippen molar-refractivity contribution in [2.24, 2.45) is 0 Å². The second kappa shape index (κ2) is 13.4. The number of aliphatic hydroxyl groups excluding tert-OH is 2. The van der Waals surface area contributed by atoms with Gasteiger partial charge < -0.3 is 20.0 Å². The molecule has 0 amide bonds. The Hall–Kier alpha value is -1.28. The van der Waals surface area contributed by atoms with Crippen molar-refractivity contribution >= 4 is 23.2 Å². The molecular weight excluding hydrogens is 529 g/mol. The van der Waals surface area contributed by atoms with Crippen molar-refractivity contribution in [1.29, 1.82) is 0 Å². The summed E-state index contributed by atoms with van der Waals surface area (Å²) in [6, 6.07) is 9.85. The molecule has 0 aliphatic heterocycles. The van der Waals surface area contributed by atoms with Crippen molar-refractivity contribution in [3.05, 3.63) is 69.2 Å². The second-order valence-corrected chi connectivity index (χ2v) is 12.4. The number of likely N-dealkylation sites (N-methyl/N-ethyl adjacent to an activating group) is 2. The Kier molecular flexibility index (Phi) is 11.0. The first-order valence-electron chi connectivity index (χ1n) is 13.5. The topological polar surface area (TPSA) is 46.9 Å². The number of rotatable bonds is 6. The van der Waals surface area contributed by atoms with Gasteiger partial charge in [-0.2, -0.15) is 0 Å². The third kappa shape index (κ3) is 7.07. The molecule has 2 saturated carbocycles. The Morgan fingerprint density at radius 2 is 1.08 bits per heavy atom. The smallest absolute Gasteiger partial charge is 0.142 e. The largest absolute Gasteiger partial charge is 0.392 e. The van der Waals surface area contributed by atoms with E-state index in [0.717, 1.165) is 75.6 Å². The average Bonchev–Trinajstić information content (AvgIpc) is 2.85. The van der Waals surface area contributed by atoms with Gasteiger partial charge in [0.1, 0.15) is 11.6 Å². The molecular formula is C30H42Cl2F2N2O2. The highest BCUT2D eigenvalue weighted by Gasteiger charge is 2.43. The van der Waals surface area contributed by atoms with Crippen molar-refractivity contribution in [3.8, 4) is 0 Å². The lowest BCUT2D eigenvalue weighted by Crippen LogP contribution is -2.49. The zero-order valence-corrected chi connectivity index (χ0v) is 24.5. The van der Waals surface area contributed by atoms with Crippen LogP contribution in [-0.2, 0) is 10.8 Å². The van der Waals surface area contributed by atoms with E-state index in [-0.39, 0.29) is 20.9 Å². The van der Waals surface area contributed by atoms with Crippen molar-refractivity contribution < 1.29 is 19.0 Å². The van der Waals surface area contributed by atoms with Crippen LogP contribution < -0.4 is 0 Å². The normalized spacial score (nSPS) is 27.8. The van der Waals surface area contributed by atoms with E-state index in [0.29, 0.717) is 0 Å². The fourth-order valence-corrected chi connectivity index (χ4v) is 6.64. The van der Waals surface area contributed by atoms with E-state index >= 15 is 0 Å². The predicted octanol–water partition coefficient (Wildman–Crippen LogP) is 6.43. The van der Waals surface area contributed by atoms with E-state index in [9.17, 15) is 19.0 Å². The number of hydrogen-bond acceptors (Lipinski definition) is 4. The molecule has 0 spiro atoms. The van der Waals surface area contributed by atoms with Crippen molar-refractivity contribution in [2.75, 3.05) is 41.3 Å². The lowest BCUT2D eigenvalue weighted by molar-refractivity contribution is 0.0262. The molecule has 4 rings (SSSR count). The summed E-state index contributed by atoms with van der Waals surface area (Å²) in [7, 11) is 7.93. The molecule has 212 valence electrons. The van der Waals surface area contributed by atoms with Gasteiger partial charge in [-0.1, -0.05) is 61.0 Å². The maximum absolute atomic E-state index is 13.7. The Morgan fingerprint density at radius 3 is 1.37 bits per heavy atom. The average molecular weight is 572 g/mol. The Balaban J connectivity index is 0.000000211. The highest BCUT2D eigenvalue weighted by atomic mass is 35.5. The van der Waals surface area contributed by atoms with Crippen LogP contribution in [0.3, 0.4) is 0 Å². The van der Waals surface area contributed by atoms with Crippen LogP contribution in [0.4, 0.5) is 8.78 Å². The van der Waals surface area contributed by atoms with Gasteiger partial charge in [0, 0.05) is 23.9 Å². The summed E-state index contributed by atoms with van der Waals surface area (Å²) < 4.78 is 27.5. The monoisotopic (exact) mass is 570 g/mol. The molecule has 2 aliphatic carbocycles. The molecule has 4 nitrogen and oxygen atoms in total. The molecule has 2 aliphatic rings. The molecule has 0 heterocycles. The maximum atomic E-state index is 13.7. The van der Waals surface area contributed by atoms with Gasteiger partial charge in [-0.3, -0.25) is 0 Å². The summed E-state index contributed by atoms with van der Waals surface area (Å²) in [6.45, 7) is 1.43. The summed E-state index contributed by atoms with van der Waals surface area (Å²) in [5.74, 6) is -0.815. The van der Waals surface area contributed by atoms with E-state index in [4.69, 9.17) is 23.2 Å². The van der Waals surface area contributed by atoms with Crippen LogP contribution >= 0.6 is 23.2 Å². The van der Waals surface area contributed by atoms with E-state index in [1.165, 1.54) is 12.1 Å². The van der Waals surface area contributed by atoms with E-state index < -0.39 is 23.8 Å². The molecule has 0 saturated heterocycles. The quantitative estimate of drug-likeness (QED) is 0.420. The van der Waals surface area contributed by atoms with Gasteiger partial charge in [0.25, 0.3) is 0 Å². The molecule has 2 fully saturated rings. The van der Waals surface area contributed by atoms with Crippen LogP contribution in [0, 0.1) is 11.6 Å². The Morgan fingerprint density at radius 1 is 0.711 bits per heavy atom. The molecule has 2 N–H and O–H groups in total. The number of nitrogens with zero attached hydrogens (tertiary/aromatic N) is 2. The highest BCUT2D eigenvalue weighted by molar-refractivity contribution is 6.31. The standard InChI is InChI=1S/2C15H21ClFNO/c2*1-18(2)10-15(8-4-3-5-14(15)19)11-6-7-12(16)13(17)9-11/h2*6-7,9,14,19H,3-5,8,10H2,1-2H3/t2*14-,15-/m10/s1. The van der Waals surface area contributed by atoms with Gasteiger partial charge in [-0.15, -0.1) is 0 Å². The van der Waals surface area contributed by atoms with E-state index in [1.807, 2.05) is 40.3 Å². The second-order valence-electron chi connectivity index (χ2n) is 11.6. The fraction of sp³-hybridized carbons (Fsp3) is 0.600. The first kappa shape index (κ1) is 31.3. The summed E-state index contributed by atoms with van der Waals surface area (Å²) in [5.41, 5.74) is 0.950. The third-order valence-corrected chi connectivity index (χ3v) is 8.78. The molecule has 38 heavy (non-hydrogen) atoms. The van der Waals surface area contributed by atoms with Gasteiger partial charge in [0.15, 0.2) is 0 Å². The van der Waals surface area contributed by atoms with Gasteiger partial charge in [0.05, 0.1) is 22.3 Å². The highest BCUT2D eigenvalue weighted by Crippen LogP contribution is 2.42. The molecule has 0 aromatic heterocycles. The fourth-order valence-electron chi connectivity index (χ4n) is 6.41. The van der Waals surface area contributed by atoms with Crippen LogP contribution in [0.1, 0.15) is 62.5 Å². The van der Waals surface area contributed by atoms with Gasteiger partial charge in [-0.05, 0) is 89.3 Å². The van der Waals surface area contributed by atoms with Gasteiger partial charge in [0.2, 0.25) is 0 Å². The molecule has 0 bridgehead atoms. The third-order valence-electron chi connectivity index (χ3n) is 8.16.